The number of carbonyl (C=O) groups excluding carboxylic acids is 1. The number of quaternary nitrogens is 1. The van der Waals surface area contributed by atoms with Crippen molar-refractivity contribution in [1.29, 1.82) is 0 Å². The summed E-state index contributed by atoms with van der Waals surface area (Å²) in [4.78, 5) is 23.3. The van der Waals surface area contributed by atoms with Crippen molar-refractivity contribution in [3.05, 3.63) is 39.9 Å². The monoisotopic (exact) mass is 300 g/mol. The molecule has 0 saturated carbocycles. The summed E-state index contributed by atoms with van der Waals surface area (Å²) in [5.74, 6) is -0.403. The van der Waals surface area contributed by atoms with Crippen LogP contribution in [0.5, 0.6) is 0 Å². The number of halogens is 1. The van der Waals surface area contributed by atoms with Crippen LogP contribution in [-0.4, -0.2) is 37.1 Å². The molecule has 0 radical (unpaired) electrons. The molecule has 1 fully saturated rings. The van der Waals surface area contributed by atoms with Gasteiger partial charge in [-0.2, -0.15) is 0 Å². The van der Waals surface area contributed by atoms with Gasteiger partial charge in [0.15, 0.2) is 0 Å². The van der Waals surface area contributed by atoms with E-state index in [9.17, 15) is 14.9 Å². The van der Waals surface area contributed by atoms with Gasteiger partial charge in [-0.1, -0.05) is 0 Å². The molecule has 0 bridgehead atoms. The average Bonchev–Trinajstić information content (AvgIpc) is 2.41. The molecule has 20 heavy (non-hydrogen) atoms. The summed E-state index contributed by atoms with van der Waals surface area (Å²) in [7, 11) is 2.12. The highest BCUT2D eigenvalue weighted by Gasteiger charge is 2.23. The van der Waals surface area contributed by atoms with Gasteiger partial charge in [0, 0.05) is 25.0 Å². The number of hydrogen-bond acceptors (Lipinski definition) is 4. The Balaban J connectivity index is 0.00000200. The predicted molar refractivity (Wildman–Crippen MR) is 68.2 cm³/mol. The fourth-order valence-electron chi connectivity index (χ4n) is 2.14. The molecule has 7 heteroatoms. The molecule has 1 aromatic carbocycles. The Kier molecular flexibility index (Phi) is 5.91. The molecule has 0 atom stereocenters. The lowest BCUT2D eigenvalue weighted by atomic mass is 10.1. The topological polar surface area (TPSA) is 73.9 Å². The third-order valence-corrected chi connectivity index (χ3v) is 3.37. The average molecular weight is 301 g/mol. The van der Waals surface area contributed by atoms with Crippen LogP contribution in [0.15, 0.2) is 24.3 Å². The first-order chi connectivity index (χ1) is 9.06. The van der Waals surface area contributed by atoms with Crippen LogP contribution in [0, 0.1) is 10.1 Å². The molecule has 110 valence electrons. The van der Waals surface area contributed by atoms with Crippen molar-refractivity contribution in [3.63, 3.8) is 0 Å². The first-order valence-corrected chi connectivity index (χ1v) is 6.33. The standard InChI is InChI=1S/C13H16N2O4.ClH/c1-14-8-6-12(7-9-14)19-13(16)10-2-4-11(5-3-10)15(17)18;/h2-5,12H,6-9H2,1H3;1H. The number of esters is 1. The number of carbonyl (C=O) groups is 1. The number of likely N-dealkylation sites (tertiary alicyclic amines) is 1. The Bertz CT molecular complexity index is 470. The molecule has 0 aromatic heterocycles. The van der Waals surface area contributed by atoms with Crippen LogP contribution in [0.1, 0.15) is 23.2 Å². The van der Waals surface area contributed by atoms with Crippen molar-refractivity contribution >= 4 is 11.7 Å². The molecular formula is C13H17ClN2O4. The van der Waals surface area contributed by atoms with E-state index in [1.54, 1.807) is 0 Å². The van der Waals surface area contributed by atoms with E-state index in [-0.39, 0.29) is 24.2 Å². The van der Waals surface area contributed by atoms with E-state index >= 15 is 0 Å². The molecule has 1 saturated heterocycles. The number of nitrogens with one attached hydrogen (secondary N) is 1. The van der Waals surface area contributed by atoms with Gasteiger partial charge in [-0.25, -0.2) is 4.79 Å². The molecular weight excluding hydrogens is 284 g/mol. The van der Waals surface area contributed by atoms with Gasteiger partial charge < -0.3 is 22.0 Å². The maximum Gasteiger partial charge on any atom is 0.338 e. The van der Waals surface area contributed by atoms with Crippen LogP contribution in [-0.2, 0) is 4.74 Å². The van der Waals surface area contributed by atoms with Crippen molar-refractivity contribution in [2.45, 2.75) is 18.9 Å². The molecule has 6 nitrogen and oxygen atoms in total. The summed E-state index contributed by atoms with van der Waals surface area (Å²) < 4.78 is 5.40. The number of hydrogen-bond donors (Lipinski definition) is 1. The molecule has 1 aromatic rings. The molecule has 2 rings (SSSR count). The molecule has 0 amide bonds. The summed E-state index contributed by atoms with van der Waals surface area (Å²) in [6.45, 7) is 2.00. The Morgan fingerprint density at radius 3 is 2.35 bits per heavy atom. The van der Waals surface area contributed by atoms with E-state index in [1.165, 1.54) is 29.2 Å². The smallest absolute Gasteiger partial charge is 0.338 e. The number of nitrogens with zero attached hydrogens (tertiary/aromatic N) is 1. The molecule has 0 unspecified atom stereocenters. The number of non-ortho nitro benzene ring substituents is 1. The van der Waals surface area contributed by atoms with Gasteiger partial charge in [-0.05, 0) is 12.1 Å². The first kappa shape index (κ1) is 16.4. The zero-order chi connectivity index (χ0) is 13.8. The number of benzene rings is 1. The molecule has 0 spiro atoms. The molecule has 1 aliphatic heterocycles. The van der Waals surface area contributed by atoms with E-state index in [4.69, 9.17) is 4.74 Å². The first-order valence-electron chi connectivity index (χ1n) is 6.33. The van der Waals surface area contributed by atoms with Gasteiger partial charge in [0.1, 0.15) is 6.10 Å². The predicted octanol–water partition coefficient (Wildman–Crippen LogP) is -2.57. The maximum absolute atomic E-state index is 11.9. The highest BCUT2D eigenvalue weighted by Crippen LogP contribution is 2.14. The maximum atomic E-state index is 11.9. The fraction of sp³-hybridized carbons (Fsp3) is 0.462. The van der Waals surface area contributed by atoms with Gasteiger partial charge in [-0.15, -0.1) is 0 Å². The van der Waals surface area contributed by atoms with Gasteiger partial charge in [0.2, 0.25) is 0 Å². The third kappa shape index (κ3) is 4.18. The fourth-order valence-corrected chi connectivity index (χ4v) is 2.14. The van der Waals surface area contributed by atoms with E-state index in [1.807, 2.05) is 0 Å². The number of ether oxygens (including phenoxy) is 1. The van der Waals surface area contributed by atoms with Crippen molar-refractivity contribution in [3.8, 4) is 0 Å². The lowest BCUT2D eigenvalue weighted by molar-refractivity contribution is -0.885. The molecule has 1 aliphatic rings. The van der Waals surface area contributed by atoms with Gasteiger partial charge in [0.05, 0.1) is 30.6 Å². The minimum atomic E-state index is -0.491. The van der Waals surface area contributed by atoms with Gasteiger partial charge >= 0.3 is 5.97 Å². The van der Waals surface area contributed by atoms with Crippen molar-refractivity contribution in [2.75, 3.05) is 20.1 Å². The summed E-state index contributed by atoms with van der Waals surface area (Å²) in [5, 5.41) is 10.5. The Labute approximate surface area is 123 Å². The Hall–Kier alpha value is -1.66. The van der Waals surface area contributed by atoms with E-state index in [0.29, 0.717) is 5.56 Å². The molecule has 1 N–H and O–H groups in total. The third-order valence-electron chi connectivity index (χ3n) is 3.37. The molecule has 0 aliphatic carbocycles. The van der Waals surface area contributed by atoms with Crippen LogP contribution in [0.4, 0.5) is 5.69 Å². The number of rotatable bonds is 3. The summed E-state index contributed by atoms with van der Waals surface area (Å²) in [6.07, 6.45) is 1.70. The number of nitro benzene ring substituents is 1. The largest absolute Gasteiger partial charge is 1.00 e. The second-order valence-corrected chi connectivity index (χ2v) is 4.87. The Morgan fingerprint density at radius 1 is 1.30 bits per heavy atom. The van der Waals surface area contributed by atoms with E-state index < -0.39 is 10.9 Å². The zero-order valence-electron chi connectivity index (χ0n) is 11.2. The summed E-state index contributed by atoms with van der Waals surface area (Å²) >= 11 is 0. The van der Waals surface area contributed by atoms with E-state index in [2.05, 4.69) is 7.05 Å². The second-order valence-electron chi connectivity index (χ2n) is 4.87. The lowest BCUT2D eigenvalue weighted by Gasteiger charge is -2.26. The summed E-state index contributed by atoms with van der Waals surface area (Å²) in [5.41, 5.74) is 0.330. The van der Waals surface area contributed by atoms with Crippen molar-refractivity contribution in [1.82, 2.24) is 0 Å². The van der Waals surface area contributed by atoms with Gasteiger partial charge in [0.25, 0.3) is 5.69 Å². The number of piperidine rings is 1. The zero-order valence-corrected chi connectivity index (χ0v) is 11.9. The Morgan fingerprint density at radius 2 is 1.85 bits per heavy atom. The van der Waals surface area contributed by atoms with Crippen LogP contribution < -0.4 is 17.3 Å². The minimum Gasteiger partial charge on any atom is -1.00 e. The van der Waals surface area contributed by atoms with Crippen molar-refractivity contribution in [2.24, 2.45) is 0 Å². The van der Waals surface area contributed by atoms with Crippen LogP contribution in [0.25, 0.3) is 0 Å². The number of nitro groups is 1. The quantitative estimate of drug-likeness (QED) is 0.378. The van der Waals surface area contributed by atoms with E-state index in [0.717, 1.165) is 25.9 Å². The lowest BCUT2D eigenvalue weighted by Crippen LogP contribution is -3.10. The van der Waals surface area contributed by atoms with Crippen LogP contribution in [0.3, 0.4) is 0 Å². The van der Waals surface area contributed by atoms with Crippen molar-refractivity contribution < 1.29 is 31.8 Å². The van der Waals surface area contributed by atoms with Crippen LogP contribution in [0.2, 0.25) is 0 Å². The molecule has 1 heterocycles. The SMILES string of the molecule is C[NH+]1CCC(OC(=O)c2ccc([N+](=O)[O-])cc2)CC1.[Cl-]. The van der Waals surface area contributed by atoms with Gasteiger partial charge in [-0.3, -0.25) is 10.1 Å². The second kappa shape index (κ2) is 7.21. The highest BCUT2D eigenvalue weighted by atomic mass is 35.5. The van der Waals surface area contributed by atoms with Crippen LogP contribution >= 0.6 is 0 Å². The normalized spacial score (nSPS) is 21.6. The minimum absolute atomic E-state index is 0. The highest BCUT2D eigenvalue weighted by molar-refractivity contribution is 5.89. The summed E-state index contributed by atoms with van der Waals surface area (Å²) in [6, 6.07) is 5.49.